The Labute approximate surface area is 148 Å². The summed E-state index contributed by atoms with van der Waals surface area (Å²) in [6.07, 6.45) is 2.22. The van der Waals surface area contributed by atoms with Gasteiger partial charge in [-0.15, -0.1) is 11.3 Å². The Balaban J connectivity index is 1.63. The molecule has 4 rings (SSSR count). The molecule has 3 aromatic rings. The number of hydrogen-bond acceptors (Lipinski definition) is 5. The van der Waals surface area contributed by atoms with Crippen LogP contribution in [0, 0.1) is 0 Å². The third kappa shape index (κ3) is 2.66. The topological polar surface area (TPSA) is 73.0 Å². The van der Waals surface area contributed by atoms with Crippen LogP contribution in [-0.4, -0.2) is 43.2 Å². The molecule has 1 aliphatic heterocycles. The van der Waals surface area contributed by atoms with Crippen molar-refractivity contribution in [3.05, 3.63) is 45.6 Å². The van der Waals surface area contributed by atoms with Gasteiger partial charge >= 0.3 is 0 Å². The summed E-state index contributed by atoms with van der Waals surface area (Å²) in [6, 6.07) is 3.74. The summed E-state index contributed by atoms with van der Waals surface area (Å²) >= 11 is 1.42. The Morgan fingerprint density at radius 1 is 1.24 bits per heavy atom. The molecule has 0 bridgehead atoms. The molecule has 0 aliphatic carbocycles. The zero-order valence-corrected chi connectivity index (χ0v) is 15.0. The quantitative estimate of drug-likeness (QED) is 0.702. The summed E-state index contributed by atoms with van der Waals surface area (Å²) in [5, 5.41) is 6.13. The van der Waals surface area contributed by atoms with E-state index < -0.39 is 0 Å². The Morgan fingerprint density at radius 3 is 2.88 bits per heavy atom. The van der Waals surface area contributed by atoms with Crippen LogP contribution >= 0.6 is 11.3 Å². The van der Waals surface area contributed by atoms with Crippen LogP contribution in [0.4, 0.5) is 0 Å². The van der Waals surface area contributed by atoms with Gasteiger partial charge < -0.3 is 4.90 Å². The lowest BCUT2D eigenvalue weighted by Gasteiger charge is -2.21. The van der Waals surface area contributed by atoms with Crippen molar-refractivity contribution in [1.29, 1.82) is 0 Å². The molecule has 0 N–H and O–H groups in total. The molecule has 7 nitrogen and oxygen atoms in total. The molecule has 130 valence electrons. The second-order valence-electron chi connectivity index (χ2n) is 6.42. The first-order chi connectivity index (χ1) is 12.1. The molecule has 0 aromatic carbocycles. The van der Waals surface area contributed by atoms with Crippen molar-refractivity contribution in [3.8, 4) is 0 Å². The van der Waals surface area contributed by atoms with Crippen molar-refractivity contribution in [2.45, 2.75) is 32.9 Å². The van der Waals surface area contributed by atoms with E-state index in [4.69, 9.17) is 0 Å². The van der Waals surface area contributed by atoms with Crippen LogP contribution in [0.15, 0.2) is 28.5 Å². The van der Waals surface area contributed by atoms with Crippen molar-refractivity contribution < 1.29 is 4.79 Å². The fourth-order valence-electron chi connectivity index (χ4n) is 3.24. The van der Waals surface area contributed by atoms with Crippen LogP contribution < -0.4 is 5.56 Å². The Morgan fingerprint density at radius 2 is 2.08 bits per heavy atom. The van der Waals surface area contributed by atoms with Crippen molar-refractivity contribution in [3.63, 3.8) is 0 Å². The zero-order valence-electron chi connectivity index (χ0n) is 14.2. The van der Waals surface area contributed by atoms with Gasteiger partial charge in [-0.3, -0.25) is 18.8 Å². The number of aromatic nitrogens is 4. The third-order valence-corrected chi connectivity index (χ3v) is 5.40. The summed E-state index contributed by atoms with van der Waals surface area (Å²) < 4.78 is 4.13. The highest BCUT2D eigenvalue weighted by Gasteiger charge is 2.24. The van der Waals surface area contributed by atoms with E-state index in [1.165, 1.54) is 11.3 Å². The number of nitrogens with zero attached hydrogens (tertiary/aromatic N) is 5. The highest BCUT2D eigenvalue weighted by molar-refractivity contribution is 7.17. The second kappa shape index (κ2) is 6.11. The average molecular weight is 357 g/mol. The minimum atomic E-state index is -0.0473. The van der Waals surface area contributed by atoms with Crippen molar-refractivity contribution in [1.82, 2.24) is 24.2 Å². The molecule has 1 amide bonds. The van der Waals surface area contributed by atoms with Crippen LogP contribution in [0.2, 0.25) is 0 Å². The minimum absolute atomic E-state index is 0.00322. The van der Waals surface area contributed by atoms with Gasteiger partial charge in [-0.05, 0) is 31.4 Å². The number of amides is 1. The first kappa shape index (κ1) is 16.0. The summed E-state index contributed by atoms with van der Waals surface area (Å²) in [5.41, 5.74) is 1.33. The van der Waals surface area contributed by atoms with Gasteiger partial charge in [0.2, 0.25) is 0 Å². The number of hydrogen-bond donors (Lipinski definition) is 0. The van der Waals surface area contributed by atoms with Crippen LogP contribution in [0.1, 0.15) is 36.2 Å². The van der Waals surface area contributed by atoms with Crippen LogP contribution in [0.5, 0.6) is 0 Å². The number of thiophene rings is 1. The summed E-state index contributed by atoms with van der Waals surface area (Å²) in [6.45, 7) is 5.50. The lowest BCUT2D eigenvalue weighted by atomic mass is 10.3. The molecule has 8 heteroatoms. The van der Waals surface area contributed by atoms with Gasteiger partial charge in [-0.2, -0.15) is 5.10 Å². The van der Waals surface area contributed by atoms with E-state index in [0.717, 1.165) is 11.3 Å². The van der Waals surface area contributed by atoms with Crippen LogP contribution in [-0.2, 0) is 13.0 Å². The minimum Gasteiger partial charge on any atom is -0.335 e. The predicted octanol–water partition coefficient (Wildman–Crippen LogP) is 1.93. The van der Waals surface area contributed by atoms with Gasteiger partial charge in [0.05, 0.1) is 5.52 Å². The van der Waals surface area contributed by atoms with E-state index in [1.807, 2.05) is 25.3 Å². The van der Waals surface area contributed by atoms with Gasteiger partial charge in [0.15, 0.2) is 0 Å². The number of rotatable bonds is 2. The lowest BCUT2D eigenvalue weighted by Crippen LogP contribution is -2.35. The van der Waals surface area contributed by atoms with Gasteiger partial charge in [-0.1, -0.05) is 0 Å². The fourth-order valence-corrected chi connectivity index (χ4v) is 4.02. The third-order valence-electron chi connectivity index (χ3n) is 4.51. The molecule has 0 radical (unpaired) electrons. The molecule has 4 heterocycles. The first-order valence-electron chi connectivity index (χ1n) is 8.36. The van der Waals surface area contributed by atoms with Crippen LogP contribution in [0.3, 0.4) is 0 Å². The Kier molecular flexibility index (Phi) is 3.91. The lowest BCUT2D eigenvalue weighted by molar-refractivity contribution is 0.0744. The molecule has 3 aromatic heterocycles. The molecule has 0 atom stereocenters. The fraction of sp³-hybridized carbons (Fsp3) is 0.412. The maximum atomic E-state index is 12.9. The molecule has 1 aliphatic rings. The maximum Gasteiger partial charge on any atom is 0.272 e. The number of carbonyl (C=O) groups is 1. The number of carbonyl (C=O) groups excluding carboxylic acids is 1. The summed E-state index contributed by atoms with van der Waals surface area (Å²) in [7, 11) is 0. The van der Waals surface area contributed by atoms with Crippen molar-refractivity contribution >= 4 is 27.5 Å². The van der Waals surface area contributed by atoms with Gasteiger partial charge in [0.25, 0.3) is 11.5 Å². The highest BCUT2D eigenvalue weighted by Crippen LogP contribution is 2.18. The Bertz CT molecular complexity index is 1000. The zero-order chi connectivity index (χ0) is 17.6. The smallest absolute Gasteiger partial charge is 0.272 e. The molecule has 0 fully saturated rings. The van der Waals surface area contributed by atoms with Gasteiger partial charge in [0, 0.05) is 38.3 Å². The normalized spacial score (nSPS) is 14.8. The molecule has 0 saturated heterocycles. The highest BCUT2D eigenvalue weighted by atomic mass is 32.1. The summed E-state index contributed by atoms with van der Waals surface area (Å²) in [5.74, 6) is 0.706. The monoisotopic (exact) mass is 357 g/mol. The summed E-state index contributed by atoms with van der Waals surface area (Å²) in [4.78, 5) is 32.0. The van der Waals surface area contributed by atoms with Gasteiger partial charge in [0.1, 0.15) is 16.2 Å². The van der Waals surface area contributed by atoms with E-state index >= 15 is 0 Å². The maximum absolute atomic E-state index is 12.9. The predicted molar refractivity (Wildman–Crippen MR) is 96.1 cm³/mol. The Hall–Kier alpha value is -2.48. The van der Waals surface area contributed by atoms with Crippen molar-refractivity contribution in [2.24, 2.45) is 0 Å². The van der Waals surface area contributed by atoms with E-state index in [2.05, 4.69) is 10.1 Å². The molecular formula is C17H19N5O2S. The second-order valence-corrected chi connectivity index (χ2v) is 7.33. The average Bonchev–Trinajstić information content (AvgIpc) is 3.20. The molecule has 0 spiro atoms. The standard InChI is InChI=1S/C17H19N5O2S/c1-11(2)22-13(3-6-18-22)16(23)20-7-4-14-19-12-5-10-25-15(12)17(24)21(14)9-8-20/h3,5-6,10-11H,4,7-9H2,1-2H3. The van der Waals surface area contributed by atoms with Crippen LogP contribution in [0.25, 0.3) is 10.2 Å². The van der Waals surface area contributed by atoms with E-state index in [1.54, 1.807) is 26.4 Å². The van der Waals surface area contributed by atoms with E-state index in [9.17, 15) is 9.59 Å². The number of fused-ring (bicyclic) bond motifs is 2. The SMILES string of the molecule is CC(C)n1nccc1C(=O)N1CCc2nc3ccsc3c(=O)n2CC1. The van der Waals surface area contributed by atoms with Crippen molar-refractivity contribution in [2.75, 3.05) is 13.1 Å². The van der Waals surface area contributed by atoms with E-state index in [-0.39, 0.29) is 17.5 Å². The molecule has 0 saturated carbocycles. The molecule has 0 unspecified atom stereocenters. The first-order valence-corrected chi connectivity index (χ1v) is 9.24. The molecule has 25 heavy (non-hydrogen) atoms. The van der Waals surface area contributed by atoms with E-state index in [0.29, 0.717) is 36.4 Å². The van der Waals surface area contributed by atoms with Gasteiger partial charge in [-0.25, -0.2) is 4.98 Å². The largest absolute Gasteiger partial charge is 0.335 e. The molecular weight excluding hydrogens is 338 g/mol.